The molecule has 0 aliphatic carbocycles. The Morgan fingerprint density at radius 2 is 2.08 bits per heavy atom. The summed E-state index contributed by atoms with van der Waals surface area (Å²) in [6, 6.07) is 8.45. The van der Waals surface area contributed by atoms with Crippen LogP contribution in [0, 0.1) is 5.92 Å². The SMILES string of the molecule is O=C(NC[C@@H]1CCCO1)C1CCN(c2nc3ccccc3o2)CC1. The summed E-state index contributed by atoms with van der Waals surface area (Å²) in [4.78, 5) is 19.0. The van der Waals surface area contributed by atoms with Gasteiger partial charge in [0.15, 0.2) is 5.58 Å². The van der Waals surface area contributed by atoms with Gasteiger partial charge in [-0.2, -0.15) is 4.98 Å². The molecule has 2 aliphatic heterocycles. The molecule has 0 saturated carbocycles. The first-order valence-corrected chi connectivity index (χ1v) is 8.79. The Morgan fingerprint density at radius 3 is 2.83 bits per heavy atom. The van der Waals surface area contributed by atoms with Crippen molar-refractivity contribution in [3.05, 3.63) is 24.3 Å². The van der Waals surface area contributed by atoms with E-state index in [9.17, 15) is 4.79 Å². The van der Waals surface area contributed by atoms with Gasteiger partial charge >= 0.3 is 0 Å². The normalized spacial score (nSPS) is 22.2. The van der Waals surface area contributed by atoms with Crippen molar-refractivity contribution in [2.75, 3.05) is 31.1 Å². The highest BCUT2D eigenvalue weighted by atomic mass is 16.5. The summed E-state index contributed by atoms with van der Waals surface area (Å²) in [5.41, 5.74) is 1.69. The number of anilines is 1. The van der Waals surface area contributed by atoms with E-state index in [1.165, 1.54) is 0 Å². The van der Waals surface area contributed by atoms with Crippen LogP contribution in [-0.2, 0) is 9.53 Å². The average Bonchev–Trinajstić information content (AvgIpc) is 3.29. The number of carbonyl (C=O) groups excluding carboxylic acids is 1. The largest absolute Gasteiger partial charge is 0.423 e. The number of rotatable bonds is 4. The number of nitrogens with zero attached hydrogens (tertiary/aromatic N) is 2. The van der Waals surface area contributed by atoms with E-state index in [1.54, 1.807) is 0 Å². The van der Waals surface area contributed by atoms with Crippen LogP contribution in [0.15, 0.2) is 28.7 Å². The van der Waals surface area contributed by atoms with Crippen LogP contribution in [0.2, 0.25) is 0 Å². The summed E-state index contributed by atoms with van der Waals surface area (Å²) in [6.07, 6.45) is 4.01. The average molecular weight is 329 g/mol. The first kappa shape index (κ1) is 15.4. The molecule has 0 unspecified atom stereocenters. The third-order valence-electron chi connectivity index (χ3n) is 4.95. The third-order valence-corrected chi connectivity index (χ3v) is 4.95. The van der Waals surface area contributed by atoms with Gasteiger partial charge in [0, 0.05) is 32.2 Å². The number of aromatic nitrogens is 1. The lowest BCUT2D eigenvalue weighted by molar-refractivity contribution is -0.126. The number of amides is 1. The number of fused-ring (bicyclic) bond motifs is 1. The van der Waals surface area contributed by atoms with Crippen molar-refractivity contribution in [3.8, 4) is 0 Å². The molecule has 2 aliphatic rings. The van der Waals surface area contributed by atoms with Crippen molar-refractivity contribution < 1.29 is 13.9 Å². The fourth-order valence-electron chi connectivity index (χ4n) is 3.49. The third kappa shape index (κ3) is 3.24. The fourth-order valence-corrected chi connectivity index (χ4v) is 3.49. The first-order chi connectivity index (χ1) is 11.8. The Labute approximate surface area is 141 Å². The van der Waals surface area contributed by atoms with Crippen LogP contribution in [0.3, 0.4) is 0 Å². The van der Waals surface area contributed by atoms with Crippen molar-refractivity contribution in [3.63, 3.8) is 0 Å². The van der Waals surface area contributed by atoms with E-state index in [0.29, 0.717) is 12.6 Å². The maximum Gasteiger partial charge on any atom is 0.298 e. The van der Waals surface area contributed by atoms with E-state index in [-0.39, 0.29) is 17.9 Å². The molecule has 1 amide bonds. The smallest absolute Gasteiger partial charge is 0.298 e. The van der Waals surface area contributed by atoms with Gasteiger partial charge in [-0.25, -0.2) is 0 Å². The standard InChI is InChI=1S/C18H23N3O3/c22-17(19-12-14-4-3-11-23-14)13-7-9-21(10-8-13)18-20-15-5-1-2-6-16(15)24-18/h1-2,5-6,13-14H,3-4,7-12H2,(H,19,22)/t14-/m0/s1. The lowest BCUT2D eigenvalue weighted by atomic mass is 9.96. The van der Waals surface area contributed by atoms with Crippen LogP contribution < -0.4 is 10.2 Å². The molecule has 2 fully saturated rings. The van der Waals surface area contributed by atoms with E-state index >= 15 is 0 Å². The zero-order valence-electron chi connectivity index (χ0n) is 13.7. The number of hydrogen-bond donors (Lipinski definition) is 1. The Kier molecular flexibility index (Phi) is 4.38. The van der Waals surface area contributed by atoms with Gasteiger partial charge in [-0.3, -0.25) is 4.79 Å². The number of nitrogens with one attached hydrogen (secondary N) is 1. The van der Waals surface area contributed by atoms with Crippen LogP contribution in [0.4, 0.5) is 6.01 Å². The highest BCUT2D eigenvalue weighted by molar-refractivity contribution is 5.79. The lowest BCUT2D eigenvalue weighted by Crippen LogP contribution is -2.42. The van der Waals surface area contributed by atoms with Crippen molar-refractivity contribution in [1.82, 2.24) is 10.3 Å². The maximum absolute atomic E-state index is 12.3. The number of benzene rings is 1. The predicted molar refractivity (Wildman–Crippen MR) is 90.9 cm³/mol. The molecule has 0 radical (unpaired) electrons. The molecule has 128 valence electrons. The molecular weight excluding hydrogens is 306 g/mol. The highest BCUT2D eigenvalue weighted by Crippen LogP contribution is 2.26. The number of hydrogen-bond acceptors (Lipinski definition) is 5. The lowest BCUT2D eigenvalue weighted by Gasteiger charge is -2.30. The number of piperidine rings is 1. The molecule has 1 atom stereocenters. The monoisotopic (exact) mass is 329 g/mol. The van der Waals surface area contributed by atoms with E-state index < -0.39 is 0 Å². The van der Waals surface area contributed by atoms with Gasteiger partial charge in [0.2, 0.25) is 5.91 Å². The summed E-state index contributed by atoms with van der Waals surface area (Å²) >= 11 is 0. The zero-order valence-corrected chi connectivity index (χ0v) is 13.7. The molecule has 1 aromatic heterocycles. The highest BCUT2D eigenvalue weighted by Gasteiger charge is 2.27. The number of oxazole rings is 1. The maximum atomic E-state index is 12.3. The van der Waals surface area contributed by atoms with Crippen molar-refractivity contribution in [1.29, 1.82) is 0 Å². The van der Waals surface area contributed by atoms with E-state index in [2.05, 4.69) is 15.2 Å². The minimum atomic E-state index is 0.0760. The minimum Gasteiger partial charge on any atom is -0.423 e. The molecule has 6 nitrogen and oxygen atoms in total. The first-order valence-electron chi connectivity index (χ1n) is 8.79. The van der Waals surface area contributed by atoms with Gasteiger partial charge in [-0.05, 0) is 37.8 Å². The summed E-state index contributed by atoms with van der Waals surface area (Å²) < 4.78 is 11.4. The molecule has 2 aromatic rings. The second-order valence-corrected chi connectivity index (χ2v) is 6.61. The van der Waals surface area contributed by atoms with Gasteiger partial charge in [-0.1, -0.05) is 12.1 Å². The van der Waals surface area contributed by atoms with Gasteiger partial charge < -0.3 is 19.4 Å². The molecule has 3 heterocycles. The summed E-state index contributed by atoms with van der Waals surface area (Å²) in [5.74, 6) is 0.231. The minimum absolute atomic E-state index is 0.0760. The van der Waals surface area contributed by atoms with Crippen LogP contribution in [0.5, 0.6) is 0 Å². The quantitative estimate of drug-likeness (QED) is 0.932. The molecule has 2 saturated heterocycles. The Hall–Kier alpha value is -2.08. The van der Waals surface area contributed by atoms with E-state index in [0.717, 1.165) is 56.5 Å². The molecule has 0 bridgehead atoms. The molecule has 1 aromatic carbocycles. The number of para-hydroxylation sites is 2. The van der Waals surface area contributed by atoms with Gasteiger partial charge in [-0.15, -0.1) is 0 Å². The summed E-state index contributed by atoms with van der Waals surface area (Å²) in [5, 5.41) is 3.05. The van der Waals surface area contributed by atoms with Gasteiger partial charge in [0.25, 0.3) is 6.01 Å². The van der Waals surface area contributed by atoms with Crippen LogP contribution in [-0.4, -0.2) is 43.2 Å². The second kappa shape index (κ2) is 6.81. The Morgan fingerprint density at radius 1 is 1.25 bits per heavy atom. The number of carbonyl (C=O) groups is 1. The zero-order chi connectivity index (χ0) is 16.4. The summed E-state index contributed by atoms with van der Waals surface area (Å²) in [6.45, 7) is 3.06. The molecule has 24 heavy (non-hydrogen) atoms. The molecule has 4 rings (SSSR count). The van der Waals surface area contributed by atoms with E-state index in [4.69, 9.17) is 9.15 Å². The van der Waals surface area contributed by atoms with Crippen LogP contribution in [0.1, 0.15) is 25.7 Å². The molecule has 6 heteroatoms. The summed E-state index contributed by atoms with van der Waals surface area (Å²) in [7, 11) is 0. The predicted octanol–water partition coefficient (Wildman–Crippen LogP) is 2.34. The van der Waals surface area contributed by atoms with Crippen molar-refractivity contribution in [2.24, 2.45) is 5.92 Å². The fraction of sp³-hybridized carbons (Fsp3) is 0.556. The molecule has 1 N–H and O–H groups in total. The second-order valence-electron chi connectivity index (χ2n) is 6.61. The van der Waals surface area contributed by atoms with Crippen molar-refractivity contribution >= 4 is 23.0 Å². The van der Waals surface area contributed by atoms with Gasteiger partial charge in [0.1, 0.15) is 5.52 Å². The topological polar surface area (TPSA) is 67.6 Å². The Bertz CT molecular complexity index is 667. The molecule has 0 spiro atoms. The van der Waals surface area contributed by atoms with Crippen LogP contribution in [0.25, 0.3) is 11.1 Å². The number of ether oxygens (including phenoxy) is 1. The van der Waals surface area contributed by atoms with Crippen molar-refractivity contribution in [2.45, 2.75) is 31.8 Å². The molecular formula is C18H23N3O3. The van der Waals surface area contributed by atoms with Crippen LogP contribution >= 0.6 is 0 Å². The van der Waals surface area contributed by atoms with E-state index in [1.807, 2.05) is 24.3 Å². The van der Waals surface area contributed by atoms with Gasteiger partial charge in [0.05, 0.1) is 6.10 Å². The Balaban J connectivity index is 1.30.